The molecule has 0 aromatic heterocycles. The topological polar surface area (TPSA) is 3.24 Å². The fourth-order valence-corrected chi connectivity index (χ4v) is 0. The molecule has 0 N–H and O–H groups in total. The quantitative estimate of drug-likeness (QED) is 0.338. The second-order valence-electron chi connectivity index (χ2n) is 2.79. The van der Waals surface area contributed by atoms with Crippen LogP contribution in [0.3, 0.4) is 0 Å². The minimum Gasteiger partial charge on any atom is -0.251 e. The van der Waals surface area contributed by atoms with Crippen molar-refractivity contribution in [1.82, 2.24) is 5.01 Å². The largest absolute Gasteiger partial charge is 0.251 e. The summed E-state index contributed by atoms with van der Waals surface area (Å²) in [5.74, 6) is 0. The zero-order valence-corrected chi connectivity index (χ0v) is 5.89. The third-order valence-electron chi connectivity index (χ3n) is 1.20. The van der Waals surface area contributed by atoms with E-state index in [1.807, 2.05) is 0 Å². The lowest BCUT2D eigenvalue weighted by Gasteiger charge is -2.29. The van der Waals surface area contributed by atoms with Gasteiger partial charge in [0.2, 0.25) is 0 Å². The molecule has 0 saturated heterocycles. The SMILES string of the molecule is CN(C)[N+](C)(C)C. The Bertz CT molecular complexity index is 51.6. The van der Waals surface area contributed by atoms with Crippen molar-refractivity contribution in [3.63, 3.8) is 0 Å². The lowest BCUT2D eigenvalue weighted by molar-refractivity contribution is -0.980. The number of nitrogens with zero attached hydrogens (tertiary/aromatic N) is 2. The molecular weight excluding hydrogens is 88.1 g/mol. The highest BCUT2D eigenvalue weighted by atomic mass is 15.7. The highest BCUT2D eigenvalue weighted by Gasteiger charge is 2.07. The second-order valence-corrected chi connectivity index (χ2v) is 2.79. The van der Waals surface area contributed by atoms with Crippen LogP contribution >= 0.6 is 0 Å². The summed E-state index contributed by atoms with van der Waals surface area (Å²) in [7, 11) is 10.5. The Morgan fingerprint density at radius 2 is 1.14 bits per heavy atom. The zero-order valence-electron chi connectivity index (χ0n) is 5.89. The lowest BCUT2D eigenvalue weighted by atomic mass is 10.8. The highest BCUT2D eigenvalue weighted by Crippen LogP contribution is 1.89. The molecule has 0 aromatic rings. The Kier molecular flexibility index (Phi) is 1.78. The van der Waals surface area contributed by atoms with E-state index in [0.29, 0.717) is 0 Å². The third-order valence-corrected chi connectivity index (χ3v) is 1.20. The van der Waals surface area contributed by atoms with Gasteiger partial charge < -0.3 is 0 Å². The molecule has 0 aliphatic carbocycles. The van der Waals surface area contributed by atoms with E-state index in [9.17, 15) is 0 Å². The average Bonchev–Trinajstić information content (AvgIpc) is 1.31. The van der Waals surface area contributed by atoms with E-state index in [-0.39, 0.29) is 0 Å². The molecule has 0 fully saturated rings. The summed E-state index contributed by atoms with van der Waals surface area (Å²) in [6.07, 6.45) is 0. The molecule has 0 radical (unpaired) electrons. The first-order valence-corrected chi connectivity index (χ1v) is 2.44. The minimum atomic E-state index is 0.889. The van der Waals surface area contributed by atoms with Gasteiger partial charge in [0.1, 0.15) is 0 Å². The van der Waals surface area contributed by atoms with E-state index in [1.54, 1.807) is 0 Å². The van der Waals surface area contributed by atoms with Crippen LogP contribution in [0, 0.1) is 0 Å². The van der Waals surface area contributed by atoms with Gasteiger partial charge in [-0.25, -0.2) is 0 Å². The van der Waals surface area contributed by atoms with Gasteiger partial charge in [-0.3, -0.25) is 4.59 Å². The Balaban J connectivity index is 3.54. The predicted molar refractivity (Wildman–Crippen MR) is 31.7 cm³/mol. The number of hydrogen-bond donors (Lipinski definition) is 0. The van der Waals surface area contributed by atoms with Gasteiger partial charge in [-0.1, -0.05) is 0 Å². The van der Waals surface area contributed by atoms with Crippen LogP contribution in [0.5, 0.6) is 0 Å². The van der Waals surface area contributed by atoms with E-state index < -0.39 is 0 Å². The van der Waals surface area contributed by atoms with Gasteiger partial charge in [-0.15, -0.1) is 0 Å². The predicted octanol–water partition coefficient (Wildman–Crippen LogP) is 0.169. The molecule has 0 atom stereocenters. The van der Waals surface area contributed by atoms with Crippen LogP contribution in [-0.4, -0.2) is 44.8 Å². The molecule has 0 aromatic carbocycles. The molecular formula is C5H15N2+. The van der Waals surface area contributed by atoms with Crippen LogP contribution < -0.4 is 0 Å². The summed E-state index contributed by atoms with van der Waals surface area (Å²) < 4.78 is 0.889. The average molecular weight is 103 g/mol. The maximum Gasteiger partial charge on any atom is 0.0855 e. The Hall–Kier alpha value is -0.0800. The first-order valence-electron chi connectivity index (χ1n) is 2.44. The molecule has 0 aliphatic rings. The fourth-order valence-electron chi connectivity index (χ4n) is 0. The number of quaternary nitrogens is 1. The Labute approximate surface area is 45.9 Å². The number of rotatable bonds is 1. The molecule has 0 rings (SSSR count). The van der Waals surface area contributed by atoms with E-state index in [2.05, 4.69) is 40.2 Å². The van der Waals surface area contributed by atoms with Crippen LogP contribution in [-0.2, 0) is 0 Å². The first kappa shape index (κ1) is 6.92. The van der Waals surface area contributed by atoms with E-state index in [4.69, 9.17) is 0 Å². The Morgan fingerprint density at radius 1 is 1.00 bits per heavy atom. The van der Waals surface area contributed by atoms with Gasteiger partial charge in [0, 0.05) is 14.1 Å². The molecule has 7 heavy (non-hydrogen) atoms. The van der Waals surface area contributed by atoms with Crippen molar-refractivity contribution >= 4 is 0 Å². The van der Waals surface area contributed by atoms with Crippen molar-refractivity contribution in [3.8, 4) is 0 Å². The summed E-state index contributed by atoms with van der Waals surface area (Å²) in [5, 5.41) is 2.12. The van der Waals surface area contributed by atoms with Gasteiger partial charge in [-0.2, -0.15) is 5.01 Å². The van der Waals surface area contributed by atoms with Gasteiger partial charge >= 0.3 is 0 Å². The fraction of sp³-hybridized carbons (Fsp3) is 1.00. The first-order chi connectivity index (χ1) is 2.94. The maximum absolute atomic E-state index is 2.12. The summed E-state index contributed by atoms with van der Waals surface area (Å²) in [5.41, 5.74) is 0. The lowest BCUT2D eigenvalue weighted by Crippen LogP contribution is -2.46. The molecule has 44 valence electrons. The summed E-state index contributed by atoms with van der Waals surface area (Å²) in [6.45, 7) is 0. The molecule has 0 unspecified atom stereocenters. The molecule has 0 aliphatic heterocycles. The molecule has 2 heteroatoms. The van der Waals surface area contributed by atoms with Crippen LogP contribution in [0.25, 0.3) is 0 Å². The van der Waals surface area contributed by atoms with Crippen molar-refractivity contribution in [1.29, 1.82) is 0 Å². The van der Waals surface area contributed by atoms with Gasteiger partial charge in [-0.05, 0) is 0 Å². The molecule has 0 saturated carbocycles. The molecule has 0 spiro atoms. The second kappa shape index (κ2) is 1.80. The highest BCUT2D eigenvalue weighted by molar-refractivity contribution is 4.06. The summed E-state index contributed by atoms with van der Waals surface area (Å²) in [4.78, 5) is 0. The van der Waals surface area contributed by atoms with Gasteiger partial charge in [0.05, 0.1) is 21.1 Å². The van der Waals surface area contributed by atoms with Crippen LogP contribution in [0.1, 0.15) is 0 Å². The van der Waals surface area contributed by atoms with E-state index >= 15 is 0 Å². The van der Waals surface area contributed by atoms with Crippen LogP contribution in [0.4, 0.5) is 0 Å². The summed E-state index contributed by atoms with van der Waals surface area (Å²) >= 11 is 0. The van der Waals surface area contributed by atoms with Crippen molar-refractivity contribution in [3.05, 3.63) is 0 Å². The molecule has 0 heterocycles. The zero-order chi connectivity index (χ0) is 6.08. The van der Waals surface area contributed by atoms with Crippen molar-refractivity contribution < 1.29 is 4.59 Å². The standard InChI is InChI=1S/C5H15N2/c1-6(2)7(3,4)5/h1-5H3/q+1. The van der Waals surface area contributed by atoms with E-state index in [0.717, 1.165) is 4.59 Å². The molecule has 2 nitrogen and oxygen atoms in total. The van der Waals surface area contributed by atoms with Crippen molar-refractivity contribution in [2.24, 2.45) is 0 Å². The third kappa shape index (κ3) is 2.60. The summed E-state index contributed by atoms with van der Waals surface area (Å²) in [6, 6.07) is 0. The van der Waals surface area contributed by atoms with E-state index in [1.165, 1.54) is 0 Å². The van der Waals surface area contributed by atoms with Crippen molar-refractivity contribution in [2.45, 2.75) is 0 Å². The normalized spacial score (nSPS) is 12.9. The van der Waals surface area contributed by atoms with Gasteiger partial charge in [0.15, 0.2) is 0 Å². The monoisotopic (exact) mass is 103 g/mol. The maximum atomic E-state index is 2.12. The molecule has 0 amide bonds. The smallest absolute Gasteiger partial charge is 0.0855 e. The van der Waals surface area contributed by atoms with Crippen LogP contribution in [0.2, 0.25) is 0 Å². The Morgan fingerprint density at radius 3 is 1.14 bits per heavy atom. The van der Waals surface area contributed by atoms with Gasteiger partial charge in [0.25, 0.3) is 0 Å². The number of hydrogen-bond acceptors (Lipinski definition) is 1. The van der Waals surface area contributed by atoms with Crippen molar-refractivity contribution in [2.75, 3.05) is 35.2 Å². The minimum absolute atomic E-state index is 0.889. The van der Waals surface area contributed by atoms with Crippen LogP contribution in [0.15, 0.2) is 0 Å². The molecule has 0 bridgehead atoms.